The van der Waals surface area contributed by atoms with Crippen molar-refractivity contribution in [2.75, 3.05) is 6.61 Å². The first-order valence-electron chi connectivity index (χ1n) is 16.5. The lowest BCUT2D eigenvalue weighted by Gasteiger charge is -2.52. The van der Waals surface area contributed by atoms with E-state index in [4.69, 9.17) is 33.2 Å². The lowest BCUT2D eigenvalue weighted by molar-refractivity contribution is -0.516. The molecule has 11 N–H and O–H groups in total. The standard InChI is InChI=1S/C34H26O24/c35-12-1-8(2-13(36)21(12)41)26(43)55-24-23-16(53-30(47)25(24)56-27(44)9-3-14(37)22(42)15(38)4-9)7-52-28(45)10-5-17(39)31(48)33(50)19(10)20-11(29(46)54-23)6-18(40)32(49,57-31)34(20,51)58-33/h1-6,16,19-20,23-25,30,35-38,41-42,47-51H,7H2/t16-,19-,20?,23-,24+,25-,30-,31-,32+,33+,34-/m1/s1. The number of ether oxygens (including phenoxy) is 7. The van der Waals surface area contributed by atoms with Gasteiger partial charge < -0.3 is 84.6 Å². The predicted molar refractivity (Wildman–Crippen MR) is 168 cm³/mol. The summed E-state index contributed by atoms with van der Waals surface area (Å²) in [6, 6.07) is 2.37. The van der Waals surface area contributed by atoms with Crippen molar-refractivity contribution in [3.05, 3.63) is 58.7 Å². The maximum Gasteiger partial charge on any atom is 0.339 e. The van der Waals surface area contributed by atoms with Gasteiger partial charge in [0, 0.05) is 0 Å². The normalized spacial score (nSPS) is 37.4. The summed E-state index contributed by atoms with van der Waals surface area (Å²) in [5.41, 5.74) is -3.42. The molecule has 0 spiro atoms. The number of aliphatic hydroxyl groups is 5. The van der Waals surface area contributed by atoms with Crippen LogP contribution >= 0.6 is 0 Å². The zero-order valence-corrected chi connectivity index (χ0v) is 28.4. The Balaban J connectivity index is 1.25. The number of hydrogen-bond acceptors (Lipinski definition) is 24. The molecule has 4 aliphatic heterocycles. The predicted octanol–water partition coefficient (Wildman–Crippen LogP) is -4.08. The molecule has 306 valence electrons. The van der Waals surface area contributed by atoms with E-state index in [1.165, 1.54) is 0 Å². The second-order valence-corrected chi connectivity index (χ2v) is 13.8. The fraction of sp³-hybridized carbons (Fsp3) is 0.353. The van der Waals surface area contributed by atoms with Crippen LogP contribution in [0.2, 0.25) is 0 Å². The third-order valence-corrected chi connectivity index (χ3v) is 10.5. The number of fused-ring (bicyclic) bond motifs is 1. The number of aromatic hydroxyl groups is 6. The van der Waals surface area contributed by atoms with Gasteiger partial charge in [0.15, 0.2) is 59.1 Å². The van der Waals surface area contributed by atoms with Crippen molar-refractivity contribution in [3.63, 3.8) is 0 Å². The molecule has 0 amide bonds. The summed E-state index contributed by atoms with van der Waals surface area (Å²) in [5.74, 6) is -35.3. The third kappa shape index (κ3) is 5.04. The topological polar surface area (TPSA) is 390 Å². The highest BCUT2D eigenvalue weighted by Crippen LogP contribution is 2.66. The van der Waals surface area contributed by atoms with E-state index in [-0.39, 0.29) is 0 Å². The van der Waals surface area contributed by atoms with Crippen molar-refractivity contribution in [1.29, 1.82) is 0 Å². The van der Waals surface area contributed by atoms with E-state index < -0.39 is 165 Å². The van der Waals surface area contributed by atoms with E-state index >= 15 is 0 Å². The van der Waals surface area contributed by atoms with Crippen molar-refractivity contribution in [2.45, 2.75) is 53.9 Å². The maximum atomic E-state index is 14.3. The molecule has 2 aliphatic carbocycles. The average molecular weight is 819 g/mol. The summed E-state index contributed by atoms with van der Waals surface area (Å²) in [6.45, 7) is -1.14. The Hall–Kier alpha value is -6.38. The number of ketones is 2. The molecule has 4 fully saturated rings. The van der Waals surface area contributed by atoms with E-state index in [9.17, 15) is 84.9 Å². The molecule has 6 aliphatic rings. The molecule has 11 atom stereocenters. The highest BCUT2D eigenvalue weighted by Gasteiger charge is 2.88. The van der Waals surface area contributed by atoms with Crippen LogP contribution in [0.1, 0.15) is 20.7 Å². The zero-order chi connectivity index (χ0) is 42.2. The minimum absolute atomic E-state index is 0.295. The molecule has 2 bridgehead atoms. The molecule has 0 radical (unpaired) electrons. The number of benzene rings is 2. The Labute approximate surface area is 319 Å². The van der Waals surface area contributed by atoms with Crippen LogP contribution in [0.4, 0.5) is 0 Å². The number of rotatable bonds is 4. The van der Waals surface area contributed by atoms with Gasteiger partial charge >= 0.3 is 23.9 Å². The van der Waals surface area contributed by atoms with Crippen LogP contribution in [0.15, 0.2) is 47.6 Å². The van der Waals surface area contributed by atoms with Gasteiger partial charge in [0.1, 0.15) is 12.7 Å². The number of aliphatic hydroxyl groups excluding tert-OH is 1. The number of hydrogen-bond donors (Lipinski definition) is 11. The number of esters is 4. The molecule has 4 saturated heterocycles. The first-order valence-corrected chi connectivity index (χ1v) is 16.5. The zero-order valence-electron chi connectivity index (χ0n) is 28.4. The average Bonchev–Trinajstić information content (AvgIpc) is 3.40. The smallest absolute Gasteiger partial charge is 0.339 e. The summed E-state index contributed by atoms with van der Waals surface area (Å²) in [6.07, 6.45) is -10.8. The Morgan fingerprint density at radius 3 is 1.53 bits per heavy atom. The Morgan fingerprint density at radius 2 is 1.07 bits per heavy atom. The molecular formula is C34H26O24. The Kier molecular flexibility index (Phi) is 8.17. The van der Waals surface area contributed by atoms with E-state index in [0.29, 0.717) is 36.4 Å². The monoisotopic (exact) mass is 818 g/mol. The fourth-order valence-corrected chi connectivity index (χ4v) is 7.69. The van der Waals surface area contributed by atoms with Gasteiger partial charge in [-0.15, -0.1) is 0 Å². The molecule has 0 saturated carbocycles. The first kappa shape index (κ1) is 38.5. The molecule has 4 heterocycles. The van der Waals surface area contributed by atoms with Crippen LogP contribution in [-0.2, 0) is 52.3 Å². The van der Waals surface area contributed by atoms with Crippen molar-refractivity contribution in [2.24, 2.45) is 11.8 Å². The first-order chi connectivity index (χ1) is 27.1. The second-order valence-electron chi connectivity index (χ2n) is 13.8. The van der Waals surface area contributed by atoms with Gasteiger partial charge in [-0.3, -0.25) is 14.3 Å². The molecule has 0 aromatic heterocycles. The van der Waals surface area contributed by atoms with Crippen molar-refractivity contribution >= 4 is 35.4 Å². The highest BCUT2D eigenvalue weighted by atomic mass is 16.9. The Bertz CT molecular complexity index is 2290. The van der Waals surface area contributed by atoms with Gasteiger partial charge in [-0.1, -0.05) is 0 Å². The van der Waals surface area contributed by atoms with E-state index in [1.54, 1.807) is 0 Å². The lowest BCUT2D eigenvalue weighted by Crippen LogP contribution is -2.78. The van der Waals surface area contributed by atoms with E-state index in [1.807, 2.05) is 0 Å². The highest BCUT2D eigenvalue weighted by molar-refractivity contribution is 6.10. The lowest BCUT2D eigenvalue weighted by atomic mass is 9.67. The molecule has 1 unspecified atom stereocenters. The summed E-state index contributed by atoms with van der Waals surface area (Å²) >= 11 is 0. The van der Waals surface area contributed by atoms with Gasteiger partial charge in [-0.2, -0.15) is 0 Å². The van der Waals surface area contributed by atoms with Crippen LogP contribution in [0, 0.1) is 11.8 Å². The van der Waals surface area contributed by atoms with Crippen LogP contribution in [0.3, 0.4) is 0 Å². The molecule has 2 aromatic rings. The fourth-order valence-electron chi connectivity index (χ4n) is 7.69. The van der Waals surface area contributed by atoms with Gasteiger partial charge in [-0.25, -0.2) is 19.2 Å². The molecule has 2 aromatic carbocycles. The number of cyclic esters (lactones) is 1. The molecule has 58 heavy (non-hydrogen) atoms. The Morgan fingerprint density at radius 1 is 0.638 bits per heavy atom. The van der Waals surface area contributed by atoms with Gasteiger partial charge in [0.05, 0.1) is 34.1 Å². The molecular weight excluding hydrogens is 792 g/mol. The van der Waals surface area contributed by atoms with Gasteiger partial charge in [-0.05, 0) is 36.4 Å². The third-order valence-electron chi connectivity index (χ3n) is 10.5. The maximum absolute atomic E-state index is 14.3. The van der Waals surface area contributed by atoms with E-state index in [2.05, 4.69) is 0 Å². The number of carbonyl (C=O) groups excluding carboxylic acids is 6. The minimum Gasteiger partial charge on any atom is -0.504 e. The van der Waals surface area contributed by atoms with E-state index in [0.717, 1.165) is 0 Å². The SMILES string of the molecule is O=C1O[C@H]2[C@H](OC(=O)c3cc(O)c(O)c(O)c3)[C@@H](OC(=O)c3cc(O)c(O)c(O)c3)[C@H](O)O[C@@H]2COC(=O)C2=CC(=O)[C@@]3(O)O[C@@]4(O)C(=O)C=C1C1[C@@H]2[C@]3(O)O[C@]14O. The van der Waals surface area contributed by atoms with Crippen LogP contribution in [-0.4, -0.2) is 152 Å². The summed E-state index contributed by atoms with van der Waals surface area (Å²) in [4.78, 5) is 81.5. The van der Waals surface area contributed by atoms with Crippen molar-refractivity contribution in [3.8, 4) is 34.5 Å². The summed E-state index contributed by atoms with van der Waals surface area (Å²) in [7, 11) is 0. The second kappa shape index (κ2) is 12.3. The number of phenolic OH excluding ortho intramolecular Hbond substituents is 6. The van der Waals surface area contributed by atoms with Crippen LogP contribution in [0.5, 0.6) is 34.5 Å². The number of phenols is 6. The summed E-state index contributed by atoms with van der Waals surface area (Å²) < 4.78 is 37.3. The van der Waals surface area contributed by atoms with Crippen LogP contribution in [0.25, 0.3) is 0 Å². The molecule has 24 heteroatoms. The van der Waals surface area contributed by atoms with Gasteiger partial charge in [0.2, 0.25) is 23.1 Å². The van der Waals surface area contributed by atoms with Crippen molar-refractivity contribution < 1.29 is 118 Å². The largest absolute Gasteiger partial charge is 0.504 e. The molecule has 24 nitrogen and oxygen atoms in total. The van der Waals surface area contributed by atoms with Crippen LogP contribution < -0.4 is 0 Å². The summed E-state index contributed by atoms with van der Waals surface area (Å²) in [5, 5.41) is 117. The molecule has 8 rings (SSSR count). The van der Waals surface area contributed by atoms with Gasteiger partial charge in [0.25, 0.3) is 11.6 Å². The quantitative estimate of drug-likeness (QED) is 0.0794. The minimum atomic E-state index is -3.74. The number of carbonyl (C=O) groups is 6. The van der Waals surface area contributed by atoms with Crippen molar-refractivity contribution in [1.82, 2.24) is 0 Å².